The van der Waals surface area contributed by atoms with Gasteiger partial charge in [-0.15, -0.1) is 0 Å². The molecule has 0 radical (unpaired) electrons. The van der Waals surface area contributed by atoms with E-state index in [1.165, 1.54) is 5.56 Å². The summed E-state index contributed by atoms with van der Waals surface area (Å²) in [5, 5.41) is 9.01. The van der Waals surface area contributed by atoms with E-state index in [0.29, 0.717) is 12.3 Å². The third-order valence-corrected chi connectivity index (χ3v) is 3.85. The summed E-state index contributed by atoms with van der Waals surface area (Å²) >= 11 is 0. The first-order valence-electron chi connectivity index (χ1n) is 7.13. The molecule has 0 spiro atoms. The summed E-state index contributed by atoms with van der Waals surface area (Å²) in [5.74, 6) is 0.688. The second kappa shape index (κ2) is 6.71. The van der Waals surface area contributed by atoms with E-state index < -0.39 is 0 Å². The highest BCUT2D eigenvalue weighted by atomic mass is 16.3. The first-order chi connectivity index (χ1) is 9.19. The summed E-state index contributed by atoms with van der Waals surface area (Å²) < 4.78 is 0. The molecule has 1 aliphatic rings. The largest absolute Gasteiger partial charge is 0.396 e. The van der Waals surface area contributed by atoms with Gasteiger partial charge in [-0.2, -0.15) is 0 Å². The van der Waals surface area contributed by atoms with Gasteiger partial charge in [-0.3, -0.25) is 4.79 Å². The molecule has 3 heteroatoms. The molecule has 1 atom stereocenters. The fraction of sp³-hybridized carbons (Fsp3) is 0.562. The van der Waals surface area contributed by atoms with E-state index in [-0.39, 0.29) is 12.5 Å². The van der Waals surface area contributed by atoms with E-state index in [9.17, 15) is 4.79 Å². The van der Waals surface area contributed by atoms with Gasteiger partial charge in [-0.25, -0.2) is 0 Å². The maximum Gasteiger partial charge on any atom is 0.226 e. The average molecular weight is 261 g/mol. The first-order valence-corrected chi connectivity index (χ1v) is 7.13. The van der Waals surface area contributed by atoms with Crippen LogP contribution >= 0.6 is 0 Å². The standard InChI is InChI=1S/C16H23NO2/c1-13-4-2-5-15(10-13)11-16(19)17-8-3-6-14(12-17)7-9-18/h2,4-5,10,14,18H,3,6-9,11-12H2,1H3. The van der Waals surface area contributed by atoms with Gasteiger partial charge in [-0.1, -0.05) is 29.8 Å². The highest BCUT2D eigenvalue weighted by Crippen LogP contribution is 2.20. The molecule has 1 unspecified atom stereocenters. The number of rotatable bonds is 4. The maximum absolute atomic E-state index is 12.3. The molecule has 19 heavy (non-hydrogen) atoms. The van der Waals surface area contributed by atoms with Crippen LogP contribution in [0.1, 0.15) is 30.4 Å². The minimum atomic E-state index is 0.216. The van der Waals surface area contributed by atoms with Gasteiger partial charge >= 0.3 is 0 Å². The van der Waals surface area contributed by atoms with Crippen molar-refractivity contribution in [3.05, 3.63) is 35.4 Å². The van der Waals surface area contributed by atoms with Crippen molar-refractivity contribution in [2.75, 3.05) is 19.7 Å². The summed E-state index contributed by atoms with van der Waals surface area (Å²) in [6, 6.07) is 8.14. The lowest BCUT2D eigenvalue weighted by Crippen LogP contribution is -2.40. The van der Waals surface area contributed by atoms with E-state index >= 15 is 0 Å². The van der Waals surface area contributed by atoms with E-state index in [1.807, 2.05) is 30.0 Å². The minimum absolute atomic E-state index is 0.216. The van der Waals surface area contributed by atoms with Crippen molar-refractivity contribution in [3.8, 4) is 0 Å². The Labute approximate surface area is 115 Å². The zero-order chi connectivity index (χ0) is 13.7. The van der Waals surface area contributed by atoms with E-state index in [4.69, 9.17) is 5.11 Å². The molecule has 1 heterocycles. The number of hydrogen-bond donors (Lipinski definition) is 1. The molecular weight excluding hydrogens is 238 g/mol. The highest BCUT2D eigenvalue weighted by molar-refractivity contribution is 5.78. The van der Waals surface area contributed by atoms with Crippen LogP contribution in [0.4, 0.5) is 0 Å². The Morgan fingerprint density at radius 2 is 2.32 bits per heavy atom. The monoisotopic (exact) mass is 261 g/mol. The second-order valence-electron chi connectivity index (χ2n) is 5.53. The highest BCUT2D eigenvalue weighted by Gasteiger charge is 2.23. The van der Waals surface area contributed by atoms with Crippen molar-refractivity contribution in [3.63, 3.8) is 0 Å². The topological polar surface area (TPSA) is 40.5 Å². The van der Waals surface area contributed by atoms with Crippen LogP contribution in [0.15, 0.2) is 24.3 Å². The lowest BCUT2D eigenvalue weighted by Gasteiger charge is -2.32. The first kappa shape index (κ1) is 14.1. The maximum atomic E-state index is 12.3. The van der Waals surface area contributed by atoms with E-state index in [2.05, 4.69) is 6.07 Å². The van der Waals surface area contributed by atoms with Gasteiger partial charge in [0, 0.05) is 19.7 Å². The molecule has 1 saturated heterocycles. The Morgan fingerprint density at radius 1 is 1.47 bits per heavy atom. The average Bonchev–Trinajstić information content (AvgIpc) is 2.39. The van der Waals surface area contributed by atoms with Crippen LogP contribution in [0.25, 0.3) is 0 Å². The molecule has 0 aromatic heterocycles. The number of aliphatic hydroxyl groups excluding tert-OH is 1. The molecule has 1 fully saturated rings. The van der Waals surface area contributed by atoms with Crippen LogP contribution in [-0.2, 0) is 11.2 Å². The van der Waals surface area contributed by atoms with Crippen LogP contribution in [0, 0.1) is 12.8 Å². The number of piperidine rings is 1. The van der Waals surface area contributed by atoms with Crippen molar-refractivity contribution in [1.29, 1.82) is 0 Å². The smallest absolute Gasteiger partial charge is 0.226 e. The SMILES string of the molecule is Cc1cccc(CC(=O)N2CCCC(CCO)C2)c1. The zero-order valence-electron chi connectivity index (χ0n) is 11.6. The fourth-order valence-corrected chi connectivity index (χ4v) is 2.82. The van der Waals surface area contributed by atoms with Crippen molar-refractivity contribution < 1.29 is 9.90 Å². The van der Waals surface area contributed by atoms with Gasteiger partial charge < -0.3 is 10.0 Å². The summed E-state index contributed by atoms with van der Waals surface area (Å²) in [4.78, 5) is 14.3. The Kier molecular flexibility index (Phi) is 4.97. The zero-order valence-corrected chi connectivity index (χ0v) is 11.6. The third-order valence-electron chi connectivity index (χ3n) is 3.85. The van der Waals surface area contributed by atoms with E-state index in [1.54, 1.807) is 0 Å². The molecule has 1 aromatic rings. The summed E-state index contributed by atoms with van der Waals surface area (Å²) in [6.45, 7) is 3.95. The predicted octanol–water partition coefficient (Wildman–Crippen LogP) is 2.16. The number of hydrogen-bond acceptors (Lipinski definition) is 2. The number of likely N-dealkylation sites (tertiary alicyclic amines) is 1. The van der Waals surface area contributed by atoms with Crippen molar-refractivity contribution in [1.82, 2.24) is 4.90 Å². The Balaban J connectivity index is 1.92. The molecular formula is C16H23NO2. The predicted molar refractivity (Wildman–Crippen MR) is 75.9 cm³/mol. The molecule has 2 rings (SSSR count). The number of carbonyl (C=O) groups is 1. The second-order valence-corrected chi connectivity index (χ2v) is 5.53. The van der Waals surface area contributed by atoms with Gasteiger partial charge in [0.15, 0.2) is 0 Å². The summed E-state index contributed by atoms with van der Waals surface area (Å²) in [5.41, 5.74) is 2.29. The number of aliphatic hydroxyl groups is 1. The van der Waals surface area contributed by atoms with Crippen LogP contribution < -0.4 is 0 Å². The lowest BCUT2D eigenvalue weighted by molar-refractivity contribution is -0.132. The van der Waals surface area contributed by atoms with Gasteiger partial charge in [0.25, 0.3) is 0 Å². The quantitative estimate of drug-likeness (QED) is 0.902. The molecule has 104 valence electrons. The Hall–Kier alpha value is -1.35. The van der Waals surface area contributed by atoms with Crippen molar-refractivity contribution in [2.24, 2.45) is 5.92 Å². The van der Waals surface area contributed by atoms with Gasteiger partial charge in [0.2, 0.25) is 5.91 Å². The fourth-order valence-electron chi connectivity index (χ4n) is 2.82. The summed E-state index contributed by atoms with van der Waals surface area (Å²) in [7, 11) is 0. The number of carbonyl (C=O) groups excluding carboxylic acids is 1. The Morgan fingerprint density at radius 3 is 3.05 bits per heavy atom. The summed E-state index contributed by atoms with van der Waals surface area (Å²) in [6.07, 6.45) is 3.50. The number of nitrogens with zero attached hydrogens (tertiary/aromatic N) is 1. The third kappa shape index (κ3) is 4.06. The van der Waals surface area contributed by atoms with Crippen molar-refractivity contribution in [2.45, 2.75) is 32.6 Å². The number of benzene rings is 1. The number of amides is 1. The van der Waals surface area contributed by atoms with Gasteiger partial charge in [0.1, 0.15) is 0 Å². The molecule has 3 nitrogen and oxygen atoms in total. The molecule has 1 amide bonds. The number of aryl methyl sites for hydroxylation is 1. The molecule has 0 bridgehead atoms. The lowest BCUT2D eigenvalue weighted by atomic mass is 9.94. The van der Waals surface area contributed by atoms with Crippen LogP contribution in [0.2, 0.25) is 0 Å². The molecule has 1 N–H and O–H groups in total. The molecule has 0 saturated carbocycles. The Bertz CT molecular complexity index is 429. The van der Waals surface area contributed by atoms with E-state index in [0.717, 1.165) is 37.9 Å². The normalized spacial score (nSPS) is 19.5. The molecule has 0 aliphatic carbocycles. The van der Waals surface area contributed by atoms with Gasteiger partial charge in [-0.05, 0) is 37.7 Å². The van der Waals surface area contributed by atoms with Crippen LogP contribution in [0.3, 0.4) is 0 Å². The van der Waals surface area contributed by atoms with Gasteiger partial charge in [0.05, 0.1) is 6.42 Å². The molecule has 1 aliphatic heterocycles. The van der Waals surface area contributed by atoms with Crippen LogP contribution in [-0.4, -0.2) is 35.6 Å². The minimum Gasteiger partial charge on any atom is -0.396 e. The molecule has 1 aromatic carbocycles. The van der Waals surface area contributed by atoms with Crippen molar-refractivity contribution >= 4 is 5.91 Å². The van der Waals surface area contributed by atoms with Crippen LogP contribution in [0.5, 0.6) is 0 Å².